The minimum atomic E-state index is 0.458. The van der Waals surface area contributed by atoms with E-state index in [4.69, 9.17) is 11.6 Å². The summed E-state index contributed by atoms with van der Waals surface area (Å²) in [5.41, 5.74) is 0. The third-order valence-corrected chi connectivity index (χ3v) is 5.41. The number of hydrogen-bond donors (Lipinski definition) is 1. The molecule has 0 radical (unpaired) electrons. The van der Waals surface area contributed by atoms with Crippen LogP contribution < -0.4 is 5.32 Å². The number of halogens is 2. The highest BCUT2D eigenvalue weighted by molar-refractivity contribution is 9.10. The van der Waals surface area contributed by atoms with E-state index in [1.165, 1.54) is 32.0 Å². The van der Waals surface area contributed by atoms with Gasteiger partial charge < -0.3 is 5.32 Å². The maximum atomic E-state index is 5.95. The monoisotopic (exact) mass is 335 g/mol. The lowest BCUT2D eigenvalue weighted by molar-refractivity contribution is 0.472. The van der Waals surface area contributed by atoms with Gasteiger partial charge in [-0.2, -0.15) is 11.8 Å². The molecule has 94 valence electrons. The lowest BCUT2D eigenvalue weighted by atomic mass is 9.95. The molecule has 1 aromatic rings. The van der Waals surface area contributed by atoms with Crippen molar-refractivity contribution >= 4 is 45.1 Å². The largest absolute Gasteiger partial charge is 0.366 e. The summed E-state index contributed by atoms with van der Waals surface area (Å²) in [5, 5.41) is 4.68. The van der Waals surface area contributed by atoms with E-state index in [0.717, 1.165) is 15.5 Å². The van der Waals surface area contributed by atoms with Gasteiger partial charge in [0.2, 0.25) is 0 Å². The second-order valence-corrected chi connectivity index (χ2v) is 6.48. The second kappa shape index (κ2) is 6.25. The molecule has 0 amide bonds. The van der Waals surface area contributed by atoms with Crippen LogP contribution in [0, 0.1) is 0 Å². The van der Waals surface area contributed by atoms with E-state index in [1.807, 2.05) is 11.8 Å². The molecule has 6 heteroatoms. The quantitative estimate of drug-likeness (QED) is 0.847. The maximum Gasteiger partial charge on any atom is 0.148 e. The molecule has 0 aliphatic heterocycles. The van der Waals surface area contributed by atoms with E-state index in [2.05, 4.69) is 37.5 Å². The first-order valence-corrected chi connectivity index (χ1v) is 8.12. The van der Waals surface area contributed by atoms with Gasteiger partial charge in [0.15, 0.2) is 0 Å². The Labute approximate surface area is 119 Å². The predicted octanol–water partition coefficient (Wildman–Crippen LogP) is 3.98. The van der Waals surface area contributed by atoms with E-state index in [0.29, 0.717) is 11.2 Å². The third-order valence-electron chi connectivity index (χ3n) is 3.05. The van der Waals surface area contributed by atoms with Crippen molar-refractivity contribution in [2.75, 3.05) is 11.6 Å². The van der Waals surface area contributed by atoms with Crippen LogP contribution in [0.2, 0.25) is 5.15 Å². The molecule has 2 atom stereocenters. The first-order chi connectivity index (χ1) is 8.20. The van der Waals surface area contributed by atoms with E-state index in [9.17, 15) is 0 Å². The van der Waals surface area contributed by atoms with Crippen LogP contribution in [-0.2, 0) is 0 Å². The standard InChI is InChI=1S/C11H15BrClN3S/c1-17-8-4-2-3-7(5-8)16-11-9(12)10(13)14-6-15-11/h6-8H,2-5H2,1H3,(H,14,15,16). The van der Waals surface area contributed by atoms with Gasteiger partial charge >= 0.3 is 0 Å². The Morgan fingerprint density at radius 1 is 1.47 bits per heavy atom. The van der Waals surface area contributed by atoms with Gasteiger partial charge in [0.25, 0.3) is 0 Å². The number of thioether (sulfide) groups is 1. The fraction of sp³-hybridized carbons (Fsp3) is 0.636. The molecule has 1 aliphatic carbocycles. The number of rotatable bonds is 3. The molecule has 17 heavy (non-hydrogen) atoms. The van der Waals surface area contributed by atoms with Crippen LogP contribution in [0.1, 0.15) is 25.7 Å². The molecular weight excluding hydrogens is 322 g/mol. The first kappa shape index (κ1) is 13.4. The van der Waals surface area contributed by atoms with Crippen molar-refractivity contribution in [2.45, 2.75) is 37.0 Å². The van der Waals surface area contributed by atoms with Gasteiger partial charge in [0.05, 0.1) is 4.47 Å². The van der Waals surface area contributed by atoms with Gasteiger partial charge in [-0.1, -0.05) is 18.0 Å². The Morgan fingerprint density at radius 3 is 3.06 bits per heavy atom. The minimum absolute atomic E-state index is 0.458. The SMILES string of the molecule is CSC1CCCC(Nc2ncnc(Cl)c2Br)C1. The van der Waals surface area contributed by atoms with E-state index in [-0.39, 0.29) is 0 Å². The topological polar surface area (TPSA) is 37.8 Å². The van der Waals surface area contributed by atoms with Crippen LogP contribution in [-0.4, -0.2) is 27.5 Å². The van der Waals surface area contributed by atoms with Gasteiger partial charge in [-0.3, -0.25) is 0 Å². The minimum Gasteiger partial charge on any atom is -0.366 e. The van der Waals surface area contributed by atoms with Crippen LogP contribution in [0.3, 0.4) is 0 Å². The molecule has 0 aromatic carbocycles. The number of aromatic nitrogens is 2. The van der Waals surface area contributed by atoms with Crippen LogP contribution in [0.25, 0.3) is 0 Å². The summed E-state index contributed by atoms with van der Waals surface area (Å²) in [7, 11) is 0. The predicted molar refractivity (Wildman–Crippen MR) is 77.9 cm³/mol. The van der Waals surface area contributed by atoms with E-state index in [1.54, 1.807) is 0 Å². The summed E-state index contributed by atoms with van der Waals surface area (Å²) in [4.78, 5) is 8.15. The Hall–Kier alpha value is -0.0000000000000000555. The van der Waals surface area contributed by atoms with Crippen molar-refractivity contribution in [1.82, 2.24) is 9.97 Å². The van der Waals surface area contributed by atoms with Crippen molar-refractivity contribution in [3.05, 3.63) is 16.0 Å². The molecule has 1 aliphatic rings. The number of hydrogen-bond acceptors (Lipinski definition) is 4. The Morgan fingerprint density at radius 2 is 2.29 bits per heavy atom. The molecule has 1 heterocycles. The Bertz CT molecular complexity index is 391. The maximum absolute atomic E-state index is 5.95. The molecule has 2 unspecified atom stereocenters. The molecule has 1 fully saturated rings. The summed E-state index contributed by atoms with van der Waals surface area (Å²) >= 11 is 11.3. The lowest BCUT2D eigenvalue weighted by Gasteiger charge is -2.29. The van der Waals surface area contributed by atoms with E-state index < -0.39 is 0 Å². The molecule has 0 spiro atoms. The molecule has 3 nitrogen and oxygen atoms in total. The van der Waals surface area contributed by atoms with Crippen molar-refractivity contribution in [3.8, 4) is 0 Å². The molecule has 0 saturated heterocycles. The van der Waals surface area contributed by atoms with Crippen molar-refractivity contribution in [1.29, 1.82) is 0 Å². The molecule has 1 saturated carbocycles. The zero-order valence-electron chi connectivity index (χ0n) is 9.62. The van der Waals surface area contributed by atoms with Gasteiger partial charge in [-0.25, -0.2) is 9.97 Å². The molecule has 1 aromatic heterocycles. The van der Waals surface area contributed by atoms with E-state index >= 15 is 0 Å². The molecule has 2 rings (SSSR count). The summed E-state index contributed by atoms with van der Waals surface area (Å²) < 4.78 is 0.757. The summed E-state index contributed by atoms with van der Waals surface area (Å²) in [6.07, 6.45) is 8.67. The highest BCUT2D eigenvalue weighted by atomic mass is 79.9. The van der Waals surface area contributed by atoms with Gasteiger partial charge in [0, 0.05) is 11.3 Å². The van der Waals surface area contributed by atoms with Crippen molar-refractivity contribution in [2.24, 2.45) is 0 Å². The number of nitrogens with one attached hydrogen (secondary N) is 1. The number of nitrogens with zero attached hydrogens (tertiary/aromatic N) is 2. The Kier molecular flexibility index (Phi) is 4.94. The fourth-order valence-corrected chi connectivity index (χ4v) is 3.41. The third kappa shape index (κ3) is 3.48. The highest BCUT2D eigenvalue weighted by Gasteiger charge is 2.22. The van der Waals surface area contributed by atoms with Crippen LogP contribution in [0.15, 0.2) is 10.8 Å². The summed E-state index contributed by atoms with van der Waals surface area (Å²) in [5.74, 6) is 0.803. The average molecular weight is 337 g/mol. The van der Waals surface area contributed by atoms with Gasteiger partial charge in [-0.05, 0) is 41.4 Å². The normalized spacial score (nSPS) is 24.6. The smallest absolute Gasteiger partial charge is 0.148 e. The summed E-state index contributed by atoms with van der Waals surface area (Å²) in [6.45, 7) is 0. The molecule has 0 bridgehead atoms. The first-order valence-electron chi connectivity index (χ1n) is 5.66. The molecular formula is C11H15BrClN3S. The Balaban J connectivity index is 2.02. The van der Waals surface area contributed by atoms with Crippen LogP contribution in [0.5, 0.6) is 0 Å². The second-order valence-electron chi connectivity index (χ2n) is 4.19. The van der Waals surface area contributed by atoms with Gasteiger partial charge in [-0.15, -0.1) is 0 Å². The zero-order valence-corrected chi connectivity index (χ0v) is 12.8. The zero-order chi connectivity index (χ0) is 12.3. The fourth-order valence-electron chi connectivity index (χ4n) is 2.13. The van der Waals surface area contributed by atoms with Crippen molar-refractivity contribution < 1.29 is 0 Å². The van der Waals surface area contributed by atoms with Crippen LogP contribution >= 0.6 is 39.3 Å². The van der Waals surface area contributed by atoms with Crippen LogP contribution in [0.4, 0.5) is 5.82 Å². The number of anilines is 1. The molecule has 1 N–H and O–H groups in total. The summed E-state index contributed by atoms with van der Waals surface area (Å²) in [6, 6.07) is 0.489. The van der Waals surface area contributed by atoms with Crippen molar-refractivity contribution in [3.63, 3.8) is 0 Å². The van der Waals surface area contributed by atoms with Gasteiger partial charge in [0.1, 0.15) is 17.3 Å². The average Bonchev–Trinajstić information content (AvgIpc) is 2.35. The lowest BCUT2D eigenvalue weighted by Crippen LogP contribution is -2.29. The highest BCUT2D eigenvalue weighted by Crippen LogP contribution is 2.31.